The Morgan fingerprint density at radius 1 is 0.925 bits per heavy atom. The number of benzene rings is 3. The molecular weight excluding hydrogens is 503 g/mol. The number of carbonyl (C=O) groups is 2. The van der Waals surface area contributed by atoms with Gasteiger partial charge in [0.2, 0.25) is 5.91 Å². The molecule has 0 saturated heterocycles. The van der Waals surface area contributed by atoms with Gasteiger partial charge in [0.15, 0.2) is 0 Å². The van der Waals surface area contributed by atoms with E-state index in [9.17, 15) is 14.0 Å². The van der Waals surface area contributed by atoms with E-state index in [-0.39, 0.29) is 30.2 Å². The predicted octanol–water partition coefficient (Wildman–Crippen LogP) is 7.29. The number of hydrogen-bond donors (Lipinski definition) is 1. The quantitative estimate of drug-likeness (QED) is 0.192. The topological polar surface area (TPSA) is 67.2 Å². The minimum Gasteiger partial charge on any atom is -0.327 e. The molecule has 0 aliphatic carbocycles. The van der Waals surface area contributed by atoms with Crippen molar-refractivity contribution in [2.75, 3.05) is 11.9 Å². The minimum atomic E-state index is -0.361. The van der Waals surface area contributed by atoms with Crippen molar-refractivity contribution in [3.8, 4) is 16.9 Å². The number of aromatic nitrogens is 2. The average Bonchev–Trinajstić information content (AvgIpc) is 3.38. The van der Waals surface area contributed by atoms with E-state index in [0.29, 0.717) is 22.8 Å². The molecule has 0 atom stereocenters. The second kappa shape index (κ2) is 13.7. The molecule has 4 rings (SSSR count). The van der Waals surface area contributed by atoms with Gasteiger partial charge in [-0.1, -0.05) is 68.7 Å². The number of nitrogens with one attached hydrogen (secondary N) is 1. The van der Waals surface area contributed by atoms with Crippen LogP contribution in [0.25, 0.3) is 16.9 Å². The smallest absolute Gasteiger partial charge is 0.254 e. The summed E-state index contributed by atoms with van der Waals surface area (Å²) in [5.41, 5.74) is 3.91. The molecule has 0 bridgehead atoms. The van der Waals surface area contributed by atoms with E-state index < -0.39 is 0 Å². The molecule has 0 aliphatic heterocycles. The summed E-state index contributed by atoms with van der Waals surface area (Å²) in [5.74, 6) is -0.475. The van der Waals surface area contributed by atoms with Crippen molar-refractivity contribution in [1.29, 1.82) is 0 Å². The van der Waals surface area contributed by atoms with E-state index in [1.165, 1.54) is 37.0 Å². The van der Waals surface area contributed by atoms with Crippen LogP contribution in [0.5, 0.6) is 0 Å². The van der Waals surface area contributed by atoms with Crippen molar-refractivity contribution in [3.05, 3.63) is 102 Å². The SMILES string of the molecule is CCCCCCc1ccc(C(=O)N(CC(=O)Nc2cc(-c3ccccc3)nn2-c2ccc(F)cc2)C(C)C)cc1. The molecule has 3 aromatic carbocycles. The number of halogens is 1. The van der Waals surface area contributed by atoms with Crippen molar-refractivity contribution >= 4 is 17.6 Å². The van der Waals surface area contributed by atoms with Gasteiger partial charge < -0.3 is 10.2 Å². The van der Waals surface area contributed by atoms with E-state index in [0.717, 1.165) is 18.4 Å². The van der Waals surface area contributed by atoms with Crippen LogP contribution in [0.3, 0.4) is 0 Å². The van der Waals surface area contributed by atoms with Crippen LogP contribution in [-0.4, -0.2) is 39.1 Å². The summed E-state index contributed by atoms with van der Waals surface area (Å²) in [7, 11) is 0. The molecule has 2 amide bonds. The van der Waals surface area contributed by atoms with Crippen LogP contribution in [-0.2, 0) is 11.2 Å². The molecule has 0 aliphatic rings. The van der Waals surface area contributed by atoms with E-state index in [2.05, 4.69) is 17.3 Å². The third kappa shape index (κ3) is 7.44. The molecule has 4 aromatic rings. The van der Waals surface area contributed by atoms with Crippen molar-refractivity contribution in [3.63, 3.8) is 0 Å². The standard InChI is InChI=1S/C33H37FN4O2/c1-4-5-6-8-11-25-14-16-27(17-15-25)33(40)37(24(2)3)23-32(39)35-31-22-30(26-12-9-7-10-13-26)36-38(31)29-20-18-28(34)19-21-29/h7,9-10,12-22,24H,4-6,8,11,23H2,1-3H3,(H,35,39). The molecule has 0 radical (unpaired) electrons. The fraction of sp³-hybridized carbons (Fsp3) is 0.303. The van der Waals surface area contributed by atoms with Crippen LogP contribution in [0.15, 0.2) is 84.9 Å². The highest BCUT2D eigenvalue weighted by atomic mass is 19.1. The Kier molecular flexibility index (Phi) is 9.84. The predicted molar refractivity (Wildman–Crippen MR) is 158 cm³/mol. The third-order valence-electron chi connectivity index (χ3n) is 6.84. The van der Waals surface area contributed by atoms with Crippen LogP contribution < -0.4 is 5.32 Å². The number of unbranched alkanes of at least 4 members (excludes halogenated alkanes) is 3. The molecule has 0 saturated carbocycles. The van der Waals surface area contributed by atoms with Gasteiger partial charge in [-0.25, -0.2) is 9.07 Å². The molecule has 208 valence electrons. The fourth-order valence-corrected chi connectivity index (χ4v) is 4.56. The average molecular weight is 541 g/mol. The lowest BCUT2D eigenvalue weighted by Gasteiger charge is -2.26. The van der Waals surface area contributed by atoms with Gasteiger partial charge in [-0.05, 0) is 68.7 Å². The summed E-state index contributed by atoms with van der Waals surface area (Å²) in [6.07, 6.45) is 5.78. The summed E-state index contributed by atoms with van der Waals surface area (Å²) in [5, 5.41) is 7.59. The van der Waals surface area contributed by atoms with Crippen LogP contribution >= 0.6 is 0 Å². The number of nitrogens with zero attached hydrogens (tertiary/aromatic N) is 3. The van der Waals surface area contributed by atoms with Crippen molar-refractivity contribution in [2.24, 2.45) is 0 Å². The number of anilines is 1. The summed E-state index contributed by atoms with van der Waals surface area (Å²) in [6, 6.07) is 24.8. The number of carbonyl (C=O) groups excluding carboxylic acids is 2. The molecule has 0 spiro atoms. The molecule has 1 aromatic heterocycles. The monoisotopic (exact) mass is 540 g/mol. The van der Waals surface area contributed by atoms with E-state index in [1.54, 1.807) is 27.8 Å². The molecule has 7 heteroatoms. The molecule has 0 fully saturated rings. The number of aryl methyl sites for hydroxylation is 1. The summed E-state index contributed by atoms with van der Waals surface area (Å²) < 4.78 is 15.2. The maximum atomic E-state index is 13.6. The first-order chi connectivity index (χ1) is 19.4. The van der Waals surface area contributed by atoms with E-state index in [4.69, 9.17) is 0 Å². The number of rotatable bonds is 12. The molecule has 40 heavy (non-hydrogen) atoms. The minimum absolute atomic E-state index is 0.120. The van der Waals surface area contributed by atoms with Crippen molar-refractivity contribution < 1.29 is 14.0 Å². The van der Waals surface area contributed by atoms with Gasteiger partial charge >= 0.3 is 0 Å². The molecule has 6 nitrogen and oxygen atoms in total. The van der Waals surface area contributed by atoms with Gasteiger partial charge in [-0.3, -0.25) is 9.59 Å². The Morgan fingerprint density at radius 2 is 1.62 bits per heavy atom. The maximum absolute atomic E-state index is 13.6. The Balaban J connectivity index is 1.50. The first-order valence-electron chi connectivity index (χ1n) is 14.0. The highest BCUT2D eigenvalue weighted by Crippen LogP contribution is 2.25. The summed E-state index contributed by atoms with van der Waals surface area (Å²) in [6.45, 7) is 5.86. The molecule has 1 N–H and O–H groups in total. The van der Waals surface area contributed by atoms with Crippen molar-refractivity contribution in [1.82, 2.24) is 14.7 Å². The Bertz CT molecular complexity index is 1400. The highest BCUT2D eigenvalue weighted by Gasteiger charge is 2.23. The molecular formula is C33H37FN4O2. The Hall–Kier alpha value is -4.26. The van der Waals surface area contributed by atoms with Crippen LogP contribution in [0.4, 0.5) is 10.2 Å². The van der Waals surface area contributed by atoms with Gasteiger partial charge in [0.25, 0.3) is 5.91 Å². The second-order valence-electron chi connectivity index (χ2n) is 10.3. The lowest BCUT2D eigenvalue weighted by molar-refractivity contribution is -0.117. The van der Waals surface area contributed by atoms with Crippen LogP contribution in [0.2, 0.25) is 0 Å². The maximum Gasteiger partial charge on any atom is 0.254 e. The second-order valence-corrected chi connectivity index (χ2v) is 10.3. The van der Waals surface area contributed by atoms with Crippen LogP contribution in [0.1, 0.15) is 62.4 Å². The first kappa shape index (κ1) is 28.7. The zero-order valence-electron chi connectivity index (χ0n) is 23.4. The van der Waals surface area contributed by atoms with E-state index in [1.807, 2.05) is 68.4 Å². The number of amides is 2. The number of hydrogen-bond acceptors (Lipinski definition) is 3. The molecule has 0 unspecified atom stereocenters. The first-order valence-corrected chi connectivity index (χ1v) is 14.0. The molecule has 1 heterocycles. The van der Waals surface area contributed by atoms with Gasteiger partial charge in [0.1, 0.15) is 18.2 Å². The van der Waals surface area contributed by atoms with Gasteiger partial charge in [0.05, 0.1) is 11.4 Å². The van der Waals surface area contributed by atoms with Gasteiger partial charge in [-0.15, -0.1) is 0 Å². The zero-order valence-corrected chi connectivity index (χ0v) is 23.4. The lowest BCUT2D eigenvalue weighted by Crippen LogP contribution is -2.42. The Morgan fingerprint density at radius 3 is 2.27 bits per heavy atom. The Labute approximate surface area is 235 Å². The normalized spacial score (nSPS) is 11.0. The third-order valence-corrected chi connectivity index (χ3v) is 6.84. The van der Waals surface area contributed by atoms with E-state index >= 15 is 0 Å². The van der Waals surface area contributed by atoms with Gasteiger partial charge in [0, 0.05) is 23.2 Å². The largest absolute Gasteiger partial charge is 0.327 e. The van der Waals surface area contributed by atoms with Gasteiger partial charge in [-0.2, -0.15) is 5.10 Å². The summed E-state index contributed by atoms with van der Waals surface area (Å²) in [4.78, 5) is 28.2. The zero-order chi connectivity index (χ0) is 28.5. The summed E-state index contributed by atoms with van der Waals surface area (Å²) >= 11 is 0. The van der Waals surface area contributed by atoms with Crippen LogP contribution in [0, 0.1) is 5.82 Å². The fourth-order valence-electron chi connectivity index (χ4n) is 4.56. The highest BCUT2D eigenvalue weighted by molar-refractivity contribution is 5.99. The lowest BCUT2D eigenvalue weighted by atomic mass is 10.0. The van der Waals surface area contributed by atoms with Crippen molar-refractivity contribution in [2.45, 2.75) is 58.9 Å².